The highest BCUT2D eigenvalue weighted by Crippen LogP contribution is 2.27. The van der Waals surface area contributed by atoms with Gasteiger partial charge in [-0.15, -0.1) is 0 Å². The van der Waals surface area contributed by atoms with Crippen LogP contribution in [0.5, 0.6) is 0 Å². The zero-order valence-electron chi connectivity index (χ0n) is 11.8. The summed E-state index contributed by atoms with van der Waals surface area (Å²) in [5.74, 6) is 0.578. The lowest BCUT2D eigenvalue weighted by Gasteiger charge is -2.33. The summed E-state index contributed by atoms with van der Waals surface area (Å²) in [6.45, 7) is 4.42. The number of anilines is 1. The lowest BCUT2D eigenvalue weighted by molar-refractivity contribution is -0.143. The monoisotopic (exact) mass is 340 g/mol. The topological polar surface area (TPSA) is 42.4 Å². The zero-order valence-corrected chi connectivity index (χ0v) is 13.4. The van der Waals surface area contributed by atoms with E-state index >= 15 is 0 Å². The second-order valence-electron chi connectivity index (χ2n) is 5.11. The molecule has 0 atom stereocenters. The van der Waals surface area contributed by atoms with Crippen molar-refractivity contribution in [2.75, 3.05) is 24.6 Å². The van der Waals surface area contributed by atoms with Crippen LogP contribution in [0.1, 0.15) is 32.6 Å². The second-order valence-corrected chi connectivity index (χ2v) is 5.92. The molecule has 0 amide bonds. The minimum absolute atomic E-state index is 0.0620. The van der Waals surface area contributed by atoms with E-state index in [0.29, 0.717) is 18.9 Å². The standard InChI is InChI=1S/C15H21BrN2O2/c1-2-20-15(19)4-3-12-6-9-18(10-7-12)13-5-8-17-14(16)11-13/h5,8,11-12H,2-4,6-7,9-10H2,1H3. The van der Waals surface area contributed by atoms with Crippen molar-refractivity contribution < 1.29 is 9.53 Å². The van der Waals surface area contributed by atoms with Gasteiger partial charge in [0.15, 0.2) is 0 Å². The molecule has 0 saturated carbocycles. The third-order valence-electron chi connectivity index (χ3n) is 3.75. The minimum atomic E-state index is -0.0620. The van der Waals surface area contributed by atoms with E-state index in [1.165, 1.54) is 5.69 Å². The van der Waals surface area contributed by atoms with Gasteiger partial charge in [0.05, 0.1) is 6.61 Å². The minimum Gasteiger partial charge on any atom is -0.466 e. The zero-order chi connectivity index (χ0) is 14.4. The van der Waals surface area contributed by atoms with Crippen LogP contribution in [0.25, 0.3) is 0 Å². The number of carbonyl (C=O) groups excluding carboxylic acids is 1. The van der Waals surface area contributed by atoms with E-state index in [-0.39, 0.29) is 5.97 Å². The molecule has 0 aliphatic carbocycles. The number of aromatic nitrogens is 1. The second kappa shape index (κ2) is 7.62. The molecule has 110 valence electrons. The smallest absolute Gasteiger partial charge is 0.305 e. The third kappa shape index (κ3) is 4.47. The molecule has 0 spiro atoms. The Morgan fingerprint density at radius 1 is 1.50 bits per heavy atom. The summed E-state index contributed by atoms with van der Waals surface area (Å²) >= 11 is 3.41. The molecule has 20 heavy (non-hydrogen) atoms. The van der Waals surface area contributed by atoms with Crippen molar-refractivity contribution in [1.29, 1.82) is 0 Å². The number of halogens is 1. The van der Waals surface area contributed by atoms with E-state index in [1.54, 1.807) is 0 Å². The summed E-state index contributed by atoms with van der Waals surface area (Å²) in [5, 5.41) is 0. The van der Waals surface area contributed by atoms with Gasteiger partial charge in [0.25, 0.3) is 0 Å². The Hall–Kier alpha value is -1.10. The van der Waals surface area contributed by atoms with Crippen LogP contribution in [0.2, 0.25) is 0 Å². The van der Waals surface area contributed by atoms with E-state index in [9.17, 15) is 4.79 Å². The van der Waals surface area contributed by atoms with Crippen molar-refractivity contribution in [2.24, 2.45) is 5.92 Å². The maximum Gasteiger partial charge on any atom is 0.305 e. The lowest BCUT2D eigenvalue weighted by atomic mass is 9.92. The molecule has 2 heterocycles. The summed E-state index contributed by atoms with van der Waals surface area (Å²) in [6.07, 6.45) is 5.61. The lowest BCUT2D eigenvalue weighted by Crippen LogP contribution is -2.33. The first-order chi connectivity index (χ1) is 9.69. The van der Waals surface area contributed by atoms with Crippen molar-refractivity contribution in [3.05, 3.63) is 22.9 Å². The average Bonchev–Trinajstić information content (AvgIpc) is 2.46. The Labute approximate surface area is 128 Å². The number of rotatable bonds is 5. The molecule has 1 aromatic rings. The first-order valence-electron chi connectivity index (χ1n) is 7.21. The van der Waals surface area contributed by atoms with Crippen LogP contribution in [0, 0.1) is 5.92 Å². The summed E-state index contributed by atoms with van der Waals surface area (Å²) in [4.78, 5) is 17.9. The van der Waals surface area contributed by atoms with E-state index in [1.807, 2.05) is 19.2 Å². The fraction of sp³-hybridized carbons (Fsp3) is 0.600. The highest BCUT2D eigenvalue weighted by Gasteiger charge is 2.20. The SMILES string of the molecule is CCOC(=O)CCC1CCN(c2ccnc(Br)c2)CC1. The molecular weight excluding hydrogens is 320 g/mol. The Morgan fingerprint density at radius 2 is 2.25 bits per heavy atom. The van der Waals surface area contributed by atoms with Gasteiger partial charge >= 0.3 is 5.97 Å². The first kappa shape index (κ1) is 15.3. The van der Waals surface area contributed by atoms with Crippen LogP contribution >= 0.6 is 15.9 Å². The molecule has 1 aromatic heterocycles. The summed E-state index contributed by atoms with van der Waals surface area (Å²) in [5.41, 5.74) is 1.22. The maximum absolute atomic E-state index is 11.4. The largest absolute Gasteiger partial charge is 0.466 e. The van der Waals surface area contributed by atoms with E-state index < -0.39 is 0 Å². The van der Waals surface area contributed by atoms with Gasteiger partial charge in [-0.3, -0.25) is 4.79 Å². The molecule has 1 saturated heterocycles. The molecule has 0 unspecified atom stereocenters. The molecule has 5 heteroatoms. The van der Waals surface area contributed by atoms with Crippen LogP contribution in [0.4, 0.5) is 5.69 Å². The molecule has 0 aromatic carbocycles. The number of hydrogen-bond donors (Lipinski definition) is 0. The highest BCUT2D eigenvalue weighted by molar-refractivity contribution is 9.10. The molecule has 2 rings (SSSR count). The highest BCUT2D eigenvalue weighted by atomic mass is 79.9. The van der Waals surface area contributed by atoms with E-state index in [2.05, 4.69) is 31.9 Å². The van der Waals surface area contributed by atoms with Crippen LogP contribution in [0.3, 0.4) is 0 Å². The van der Waals surface area contributed by atoms with Gasteiger partial charge in [0.2, 0.25) is 0 Å². The van der Waals surface area contributed by atoms with Gasteiger partial charge in [-0.1, -0.05) is 0 Å². The summed E-state index contributed by atoms with van der Waals surface area (Å²) < 4.78 is 5.85. The van der Waals surface area contributed by atoms with Crippen molar-refractivity contribution in [1.82, 2.24) is 4.98 Å². The number of pyridine rings is 1. The molecule has 0 N–H and O–H groups in total. The Balaban J connectivity index is 1.76. The van der Waals surface area contributed by atoms with Gasteiger partial charge in [0.1, 0.15) is 4.60 Å². The van der Waals surface area contributed by atoms with Gasteiger partial charge < -0.3 is 9.64 Å². The Kier molecular flexibility index (Phi) is 5.83. The number of ether oxygens (including phenoxy) is 1. The quantitative estimate of drug-likeness (QED) is 0.608. The van der Waals surface area contributed by atoms with Gasteiger partial charge in [0, 0.05) is 31.4 Å². The molecule has 1 aliphatic rings. The van der Waals surface area contributed by atoms with Crippen LogP contribution in [-0.4, -0.2) is 30.6 Å². The fourth-order valence-electron chi connectivity index (χ4n) is 2.62. The predicted molar refractivity (Wildman–Crippen MR) is 82.7 cm³/mol. The molecular formula is C15H21BrN2O2. The molecule has 4 nitrogen and oxygen atoms in total. The molecule has 1 aliphatic heterocycles. The number of piperidine rings is 1. The third-order valence-corrected chi connectivity index (χ3v) is 4.19. The van der Waals surface area contributed by atoms with Crippen molar-refractivity contribution >= 4 is 27.6 Å². The van der Waals surface area contributed by atoms with Gasteiger partial charge in [-0.05, 0) is 60.2 Å². The van der Waals surface area contributed by atoms with E-state index in [4.69, 9.17) is 4.74 Å². The van der Waals surface area contributed by atoms with Crippen molar-refractivity contribution in [2.45, 2.75) is 32.6 Å². The molecule has 0 radical (unpaired) electrons. The number of esters is 1. The maximum atomic E-state index is 11.4. The average molecular weight is 341 g/mol. The van der Waals surface area contributed by atoms with E-state index in [0.717, 1.165) is 37.0 Å². The van der Waals surface area contributed by atoms with Crippen LogP contribution in [0.15, 0.2) is 22.9 Å². The van der Waals surface area contributed by atoms with Crippen LogP contribution < -0.4 is 4.90 Å². The number of hydrogen-bond acceptors (Lipinski definition) is 4. The fourth-order valence-corrected chi connectivity index (χ4v) is 2.98. The van der Waals surface area contributed by atoms with Crippen molar-refractivity contribution in [3.8, 4) is 0 Å². The molecule has 0 bridgehead atoms. The normalized spacial score (nSPS) is 16.2. The number of carbonyl (C=O) groups is 1. The first-order valence-corrected chi connectivity index (χ1v) is 8.00. The van der Waals surface area contributed by atoms with Crippen LogP contribution in [-0.2, 0) is 9.53 Å². The summed E-state index contributed by atoms with van der Waals surface area (Å²) in [6, 6.07) is 4.10. The molecule has 1 fully saturated rings. The predicted octanol–water partition coefficient (Wildman–Crippen LogP) is 3.40. The Morgan fingerprint density at radius 3 is 2.90 bits per heavy atom. The van der Waals surface area contributed by atoms with Crippen molar-refractivity contribution in [3.63, 3.8) is 0 Å². The Bertz CT molecular complexity index is 445. The van der Waals surface area contributed by atoms with Gasteiger partial charge in [-0.25, -0.2) is 4.98 Å². The van der Waals surface area contributed by atoms with Gasteiger partial charge in [-0.2, -0.15) is 0 Å². The number of nitrogens with zero attached hydrogens (tertiary/aromatic N) is 2. The summed E-state index contributed by atoms with van der Waals surface area (Å²) in [7, 11) is 0.